The molecule has 0 saturated carbocycles. The van der Waals surface area contributed by atoms with Crippen LogP contribution in [0.4, 0.5) is 0 Å². The van der Waals surface area contributed by atoms with Crippen LogP contribution in [0.5, 0.6) is 0 Å². The van der Waals surface area contributed by atoms with Crippen molar-refractivity contribution in [2.75, 3.05) is 13.1 Å². The van der Waals surface area contributed by atoms with E-state index in [1.165, 1.54) is 0 Å². The van der Waals surface area contributed by atoms with Crippen molar-refractivity contribution in [3.8, 4) is 0 Å². The minimum absolute atomic E-state index is 0.399. The minimum Gasteiger partial charge on any atom is -0.249 e. The summed E-state index contributed by atoms with van der Waals surface area (Å²) in [5, 5.41) is 0. The highest BCUT2D eigenvalue weighted by Crippen LogP contribution is 2.31. The fourth-order valence-corrected chi connectivity index (χ4v) is 0.964. The molecule has 54 valence electrons. The first-order valence-corrected chi connectivity index (χ1v) is 3.35. The first kappa shape index (κ1) is 6.99. The Labute approximate surface area is 55.5 Å². The lowest BCUT2D eigenvalue weighted by Gasteiger charge is -2.17. The molecule has 1 heterocycles. The Morgan fingerprint density at radius 3 is 1.78 bits per heavy atom. The Balaban J connectivity index is 2.37. The Bertz CT molecular complexity index is 97.2. The van der Waals surface area contributed by atoms with Gasteiger partial charge < -0.3 is 0 Å². The third-order valence-electron chi connectivity index (χ3n) is 1.66. The second-order valence-corrected chi connectivity index (χ2v) is 2.24. The van der Waals surface area contributed by atoms with Crippen molar-refractivity contribution in [2.24, 2.45) is 0 Å². The van der Waals surface area contributed by atoms with Crippen LogP contribution in [-0.4, -0.2) is 23.9 Å². The largest absolute Gasteiger partial charge is 0.287 e. The lowest BCUT2D eigenvalue weighted by molar-refractivity contribution is 0.0850. The van der Waals surface area contributed by atoms with E-state index < -0.39 is 5.91 Å². The molecule has 0 aromatic heterocycles. The molecule has 0 aromatic rings. The number of hydrogen-bond donors (Lipinski definition) is 0. The normalized spacial score (nSPS) is 22.7. The Morgan fingerprint density at radius 1 is 1.22 bits per heavy atom. The second-order valence-electron chi connectivity index (χ2n) is 2.24. The van der Waals surface area contributed by atoms with Gasteiger partial charge in [-0.25, -0.2) is 4.90 Å². The quantitative estimate of drug-likeness (QED) is 0.422. The molecule has 1 aliphatic rings. The molecule has 3 heteroatoms. The zero-order chi connectivity index (χ0) is 6.91. The van der Waals surface area contributed by atoms with E-state index in [0.717, 1.165) is 13.1 Å². The summed E-state index contributed by atoms with van der Waals surface area (Å²) in [5.74, 6) is -0.399. The predicted molar refractivity (Wildman–Crippen MR) is 33.5 cm³/mol. The molecule has 0 N–H and O–H groups in total. The van der Waals surface area contributed by atoms with Crippen LogP contribution in [0, 0.1) is 0 Å². The van der Waals surface area contributed by atoms with E-state index in [1.54, 1.807) is 0 Å². The van der Waals surface area contributed by atoms with E-state index in [-0.39, 0.29) is 0 Å². The zero-order valence-corrected chi connectivity index (χ0v) is 6.18. The van der Waals surface area contributed by atoms with Crippen LogP contribution in [0.15, 0.2) is 0 Å². The maximum atomic E-state index is 4.77. The minimum atomic E-state index is -0.399. The number of nitrogens with zero attached hydrogens (tertiary/aromatic N) is 1. The van der Waals surface area contributed by atoms with Crippen LogP contribution < -0.4 is 0 Å². The van der Waals surface area contributed by atoms with Crippen LogP contribution in [-0.2, 0) is 9.78 Å². The highest BCUT2D eigenvalue weighted by atomic mass is 17.4. The number of rotatable bonds is 3. The SMILES string of the molecule is CCN(CC)C1(C)OO1. The van der Waals surface area contributed by atoms with Gasteiger partial charge >= 0.3 is 0 Å². The lowest BCUT2D eigenvalue weighted by Crippen LogP contribution is -2.35. The molecule has 3 nitrogen and oxygen atoms in total. The molecule has 0 atom stereocenters. The van der Waals surface area contributed by atoms with Crippen molar-refractivity contribution in [2.45, 2.75) is 26.7 Å². The fourth-order valence-electron chi connectivity index (χ4n) is 0.964. The Hall–Kier alpha value is -0.120. The second kappa shape index (κ2) is 2.25. The van der Waals surface area contributed by atoms with Gasteiger partial charge in [0.25, 0.3) is 5.91 Å². The summed E-state index contributed by atoms with van der Waals surface area (Å²) in [5.41, 5.74) is 0. The zero-order valence-electron chi connectivity index (χ0n) is 6.18. The van der Waals surface area contributed by atoms with E-state index in [2.05, 4.69) is 18.7 Å². The molecule has 0 bridgehead atoms. The van der Waals surface area contributed by atoms with E-state index in [0.29, 0.717) is 0 Å². The average molecular weight is 131 g/mol. The van der Waals surface area contributed by atoms with Crippen molar-refractivity contribution >= 4 is 0 Å². The maximum absolute atomic E-state index is 4.77. The van der Waals surface area contributed by atoms with Crippen LogP contribution in [0.25, 0.3) is 0 Å². The van der Waals surface area contributed by atoms with Gasteiger partial charge in [0.1, 0.15) is 0 Å². The lowest BCUT2D eigenvalue weighted by atomic mass is 10.4. The smallest absolute Gasteiger partial charge is 0.249 e. The van der Waals surface area contributed by atoms with Crippen molar-refractivity contribution in [3.63, 3.8) is 0 Å². The third-order valence-corrected chi connectivity index (χ3v) is 1.66. The molecule has 0 amide bonds. The van der Waals surface area contributed by atoms with Gasteiger partial charge in [0, 0.05) is 20.0 Å². The summed E-state index contributed by atoms with van der Waals surface area (Å²) in [6, 6.07) is 0. The van der Waals surface area contributed by atoms with Crippen LogP contribution >= 0.6 is 0 Å². The van der Waals surface area contributed by atoms with Gasteiger partial charge in [0.05, 0.1) is 0 Å². The molecule has 1 fully saturated rings. The van der Waals surface area contributed by atoms with E-state index in [4.69, 9.17) is 9.78 Å². The summed E-state index contributed by atoms with van der Waals surface area (Å²) in [6.45, 7) is 8.01. The molecule has 0 aliphatic carbocycles. The van der Waals surface area contributed by atoms with Crippen LogP contribution in [0.1, 0.15) is 20.8 Å². The molecule has 1 saturated heterocycles. The maximum Gasteiger partial charge on any atom is 0.287 e. The van der Waals surface area contributed by atoms with Gasteiger partial charge in [0.15, 0.2) is 0 Å². The topological polar surface area (TPSA) is 28.3 Å². The molecule has 1 rings (SSSR count). The average Bonchev–Trinajstić information content (AvgIpc) is 2.52. The number of hydrogen-bond acceptors (Lipinski definition) is 3. The van der Waals surface area contributed by atoms with Crippen molar-refractivity contribution in [1.29, 1.82) is 0 Å². The molecule has 0 radical (unpaired) electrons. The highest BCUT2D eigenvalue weighted by molar-refractivity contribution is 4.67. The first-order valence-electron chi connectivity index (χ1n) is 3.35. The summed E-state index contributed by atoms with van der Waals surface area (Å²) in [6.07, 6.45) is 0. The highest BCUT2D eigenvalue weighted by Gasteiger charge is 2.48. The monoisotopic (exact) mass is 131 g/mol. The molecular formula is C6H13NO2. The van der Waals surface area contributed by atoms with Gasteiger partial charge in [-0.15, -0.1) is 0 Å². The van der Waals surface area contributed by atoms with Gasteiger partial charge in [-0.2, -0.15) is 9.78 Å². The summed E-state index contributed by atoms with van der Waals surface area (Å²) >= 11 is 0. The molecular weight excluding hydrogens is 118 g/mol. The van der Waals surface area contributed by atoms with Crippen molar-refractivity contribution in [3.05, 3.63) is 0 Å². The fraction of sp³-hybridized carbons (Fsp3) is 1.00. The Morgan fingerprint density at radius 2 is 1.67 bits per heavy atom. The Kier molecular flexibility index (Phi) is 1.75. The molecule has 9 heavy (non-hydrogen) atoms. The van der Waals surface area contributed by atoms with Crippen LogP contribution in [0.2, 0.25) is 0 Å². The molecule has 0 unspecified atom stereocenters. The van der Waals surface area contributed by atoms with E-state index in [1.807, 2.05) is 6.92 Å². The van der Waals surface area contributed by atoms with E-state index in [9.17, 15) is 0 Å². The van der Waals surface area contributed by atoms with E-state index >= 15 is 0 Å². The van der Waals surface area contributed by atoms with Gasteiger partial charge in [0.2, 0.25) is 0 Å². The van der Waals surface area contributed by atoms with Gasteiger partial charge in [-0.05, 0) is 0 Å². The van der Waals surface area contributed by atoms with Crippen molar-refractivity contribution < 1.29 is 9.78 Å². The van der Waals surface area contributed by atoms with Crippen LogP contribution in [0.3, 0.4) is 0 Å². The molecule has 0 spiro atoms. The predicted octanol–water partition coefficient (Wildman–Crippen LogP) is 0.964. The first-order chi connectivity index (χ1) is 4.23. The summed E-state index contributed by atoms with van der Waals surface area (Å²) < 4.78 is 0. The molecule has 0 aromatic carbocycles. The standard InChI is InChI=1S/C6H13NO2/c1-4-7(5-2)6(3)8-9-6/h4-5H2,1-3H3. The van der Waals surface area contributed by atoms with Gasteiger partial charge in [-0.3, -0.25) is 0 Å². The summed E-state index contributed by atoms with van der Waals surface area (Å²) in [7, 11) is 0. The van der Waals surface area contributed by atoms with Gasteiger partial charge in [-0.1, -0.05) is 13.8 Å². The summed E-state index contributed by atoms with van der Waals surface area (Å²) in [4.78, 5) is 11.6. The van der Waals surface area contributed by atoms with Crippen molar-refractivity contribution in [1.82, 2.24) is 4.90 Å². The molecule has 1 aliphatic heterocycles. The third kappa shape index (κ3) is 1.23.